The summed E-state index contributed by atoms with van der Waals surface area (Å²) in [5.74, 6) is -2.61. The molecule has 2 heterocycles. The number of allylic oxidation sites excluding steroid dienone is 4. The first kappa shape index (κ1) is 47.1. The summed E-state index contributed by atoms with van der Waals surface area (Å²) in [7, 11) is 0. The maximum Gasteiger partial charge on any atom is 0.573 e. The predicted octanol–water partition coefficient (Wildman–Crippen LogP) is 11.4. The van der Waals surface area contributed by atoms with Crippen LogP contribution in [0.5, 0.6) is 5.75 Å². The average Bonchev–Trinajstić information content (AvgIpc) is 3.94. The van der Waals surface area contributed by atoms with E-state index < -0.39 is 97.2 Å². The highest BCUT2D eigenvalue weighted by Crippen LogP contribution is 2.79. The lowest BCUT2D eigenvalue weighted by atomic mass is 9.32. The van der Waals surface area contributed by atoms with Crippen LogP contribution >= 0.6 is 11.6 Å². The number of alkyl halides is 6. The summed E-state index contributed by atoms with van der Waals surface area (Å²) >= 11 is 6.41. The lowest BCUT2D eigenvalue weighted by Gasteiger charge is -2.71. The molecule has 364 valence electrons. The maximum atomic E-state index is 15.4. The van der Waals surface area contributed by atoms with Gasteiger partial charge in [0.1, 0.15) is 11.5 Å². The average molecular weight is 970 g/mol. The van der Waals surface area contributed by atoms with Gasteiger partial charge < -0.3 is 29.0 Å². The number of esters is 1. The Labute approximate surface area is 394 Å². The molecule has 0 radical (unpaired) electrons. The number of amides is 1. The molecular formula is C52H54ClF6NO8. The molecule has 10 unspecified atom stereocenters. The fourth-order valence-electron chi connectivity index (χ4n) is 14.7. The van der Waals surface area contributed by atoms with Crippen LogP contribution in [-0.2, 0) is 27.0 Å². The molecule has 68 heavy (non-hydrogen) atoms. The first-order chi connectivity index (χ1) is 31.6. The normalized spacial score (nSPS) is 37.5. The number of Topliss-reactive ketones (excluding diaryl/α,β-unsaturated/α-hetero) is 1. The van der Waals surface area contributed by atoms with Gasteiger partial charge in [-0.3, -0.25) is 14.4 Å². The van der Waals surface area contributed by atoms with Crippen molar-refractivity contribution in [1.29, 1.82) is 0 Å². The number of carbonyl (C=O) groups excluding carboxylic acids is 3. The summed E-state index contributed by atoms with van der Waals surface area (Å²) in [6, 6.07) is 10.9. The molecule has 11 rings (SSSR count). The molecule has 7 aliphatic carbocycles. The highest BCUT2D eigenvalue weighted by atomic mass is 35.5. The third-order valence-corrected chi connectivity index (χ3v) is 19.4. The Morgan fingerprint density at radius 2 is 1.53 bits per heavy atom. The van der Waals surface area contributed by atoms with Gasteiger partial charge in [0.15, 0.2) is 11.4 Å². The second-order valence-electron chi connectivity index (χ2n) is 22.0. The molecule has 2 spiro atoms. The number of aliphatic hydroxyl groups is 2. The molecule has 8 aliphatic rings. The first-order valence-corrected chi connectivity index (χ1v) is 23.7. The van der Waals surface area contributed by atoms with Crippen LogP contribution < -0.4 is 4.74 Å². The molecule has 10 atom stereocenters. The number of carbonyl (C=O) groups is 3. The Morgan fingerprint density at radius 1 is 0.853 bits per heavy atom. The number of nitrogens with zero attached hydrogens (tertiary/aromatic N) is 1. The van der Waals surface area contributed by atoms with E-state index in [9.17, 15) is 41.4 Å². The quantitative estimate of drug-likeness (QED) is 0.0940. The zero-order valence-electron chi connectivity index (χ0n) is 38.4. The van der Waals surface area contributed by atoms with Gasteiger partial charge in [0.2, 0.25) is 5.78 Å². The van der Waals surface area contributed by atoms with Gasteiger partial charge in [-0.25, -0.2) is 0 Å². The van der Waals surface area contributed by atoms with Crippen molar-refractivity contribution in [2.24, 2.45) is 44.3 Å². The Balaban J connectivity index is 1.04. The van der Waals surface area contributed by atoms with E-state index in [1.165, 1.54) is 29.2 Å². The van der Waals surface area contributed by atoms with Crippen molar-refractivity contribution in [3.05, 3.63) is 100 Å². The fraction of sp³-hybridized carbons (Fsp3) is 0.558. The smallest absolute Gasteiger partial charge is 0.453 e. The molecular weight excluding hydrogens is 916 g/mol. The van der Waals surface area contributed by atoms with Crippen molar-refractivity contribution in [1.82, 2.24) is 4.90 Å². The van der Waals surface area contributed by atoms with Crippen LogP contribution in [0.4, 0.5) is 26.3 Å². The number of rotatable bonds is 9. The molecule has 1 aromatic heterocycles. The number of hydrogen-bond acceptors (Lipinski definition) is 8. The van der Waals surface area contributed by atoms with E-state index in [1.54, 1.807) is 6.92 Å². The molecule has 9 nitrogen and oxygen atoms in total. The molecule has 5 fully saturated rings. The molecule has 1 amide bonds. The van der Waals surface area contributed by atoms with E-state index in [-0.39, 0.29) is 54.0 Å². The monoisotopic (exact) mass is 969 g/mol. The van der Waals surface area contributed by atoms with Crippen LogP contribution in [0.25, 0.3) is 11.3 Å². The van der Waals surface area contributed by atoms with Crippen molar-refractivity contribution in [2.75, 3.05) is 6.54 Å². The van der Waals surface area contributed by atoms with Crippen LogP contribution in [0.3, 0.4) is 0 Å². The third-order valence-electron chi connectivity index (χ3n) is 19.0. The number of hydrogen-bond donors (Lipinski definition) is 2. The molecule has 2 aromatic carbocycles. The lowest BCUT2D eigenvalue weighted by molar-refractivity contribution is -0.274. The van der Waals surface area contributed by atoms with Gasteiger partial charge in [-0.2, -0.15) is 13.2 Å². The Bertz CT molecular complexity index is 2690. The Morgan fingerprint density at radius 3 is 2.18 bits per heavy atom. The Hall–Kier alpha value is -4.60. The highest BCUT2D eigenvalue weighted by Gasteiger charge is 2.78. The van der Waals surface area contributed by atoms with E-state index in [0.29, 0.717) is 56.1 Å². The van der Waals surface area contributed by atoms with Crippen LogP contribution in [0, 0.1) is 44.3 Å². The zero-order valence-corrected chi connectivity index (χ0v) is 39.1. The lowest BCUT2D eigenvalue weighted by Crippen LogP contribution is -2.67. The van der Waals surface area contributed by atoms with Gasteiger partial charge in [0, 0.05) is 39.3 Å². The number of aliphatic hydroxyl groups excluding tert-OH is 1. The van der Waals surface area contributed by atoms with E-state index in [1.807, 2.05) is 26.8 Å². The second-order valence-corrected chi connectivity index (χ2v) is 22.4. The van der Waals surface area contributed by atoms with E-state index in [0.717, 1.165) is 30.3 Å². The van der Waals surface area contributed by atoms with Crippen LogP contribution in [0.15, 0.2) is 82.8 Å². The maximum absolute atomic E-state index is 15.4. The summed E-state index contributed by atoms with van der Waals surface area (Å²) in [6.07, 6.45) is -0.102. The summed E-state index contributed by atoms with van der Waals surface area (Å²) in [4.78, 5) is 45.6. The molecule has 1 aliphatic heterocycles. The minimum absolute atomic E-state index is 0.000711. The number of halogens is 7. The largest absolute Gasteiger partial charge is 0.573 e. The number of furan rings is 1. The molecule has 3 aromatic rings. The first-order valence-electron chi connectivity index (χ1n) is 23.3. The van der Waals surface area contributed by atoms with Crippen molar-refractivity contribution in [2.45, 2.75) is 129 Å². The van der Waals surface area contributed by atoms with Gasteiger partial charge in [-0.05, 0) is 130 Å². The van der Waals surface area contributed by atoms with Crippen LogP contribution in [-0.4, -0.2) is 63.0 Å². The number of ketones is 1. The van der Waals surface area contributed by atoms with E-state index >= 15 is 9.59 Å². The molecule has 4 saturated carbocycles. The topological polar surface area (TPSA) is 127 Å². The van der Waals surface area contributed by atoms with Gasteiger partial charge in [0.25, 0.3) is 5.91 Å². The zero-order chi connectivity index (χ0) is 49.0. The number of fused-ring (bicyclic) bond motifs is 3. The SMILES string of the molecule is CC12CCC(C(=O)N(Cc3ccc(OC(F)(F)F)cc3)CC3(O)CCC4C56C=CC7(C=C5C(=O)c5ccc(-c8cc(C(F)(F)F)ccc8Cl)o5)CC(O)CCC7(C)C6CCC43C)(OC1=O)C2(C)C. The summed E-state index contributed by atoms with van der Waals surface area (Å²) < 4.78 is 97.1. The van der Waals surface area contributed by atoms with Crippen molar-refractivity contribution < 1.29 is 64.8 Å². The predicted molar refractivity (Wildman–Crippen MR) is 236 cm³/mol. The molecule has 4 bridgehead atoms. The van der Waals surface area contributed by atoms with Gasteiger partial charge in [-0.15, -0.1) is 13.2 Å². The number of benzene rings is 2. The summed E-state index contributed by atoms with van der Waals surface area (Å²) in [6.45, 7) is 9.29. The van der Waals surface area contributed by atoms with Crippen LogP contribution in [0.2, 0.25) is 5.02 Å². The van der Waals surface area contributed by atoms with Crippen molar-refractivity contribution >= 4 is 29.3 Å². The third kappa shape index (κ3) is 6.31. The minimum atomic E-state index is -4.92. The summed E-state index contributed by atoms with van der Waals surface area (Å²) in [5.41, 5.74) is -8.29. The highest BCUT2D eigenvalue weighted by molar-refractivity contribution is 6.33. The van der Waals surface area contributed by atoms with E-state index in [2.05, 4.69) is 23.8 Å². The molecule has 2 N–H and O–H groups in total. The summed E-state index contributed by atoms with van der Waals surface area (Å²) in [5, 5.41) is 24.6. The fourth-order valence-corrected chi connectivity index (χ4v) is 14.9. The van der Waals surface area contributed by atoms with E-state index in [4.69, 9.17) is 20.8 Å². The molecule has 16 heteroatoms. The van der Waals surface area contributed by atoms with Crippen LogP contribution in [0.1, 0.15) is 114 Å². The molecule has 1 saturated heterocycles. The minimum Gasteiger partial charge on any atom is -0.453 e. The second kappa shape index (κ2) is 14.7. The standard InChI is InChI=1S/C52H54ClF6NO8/c1-43(2)46(5)20-23-50(43,68-42(46)64)41(63)60(27-29-6-9-32(10-7-29)67-52(57,58)59)28-48(65)19-16-39-45(48,4)18-15-38-44(3)17-14-31(61)25-47(44)21-22-49(38,39)34(26-47)40(62)37-13-12-36(66-37)33-24-30(51(54,55)56)8-11-35(33)53/h6-13,21-22,24,26,31,38-39,61,65H,14-20,23,25,27-28H2,1-5H3. The van der Waals surface area contributed by atoms with Gasteiger partial charge >= 0.3 is 18.5 Å². The van der Waals surface area contributed by atoms with Crippen molar-refractivity contribution in [3.63, 3.8) is 0 Å². The van der Waals surface area contributed by atoms with Gasteiger partial charge in [-0.1, -0.05) is 69.7 Å². The van der Waals surface area contributed by atoms with Crippen molar-refractivity contribution in [3.8, 4) is 17.1 Å². The number of ether oxygens (including phenoxy) is 2. The Kier molecular flexibility index (Phi) is 10.2. The van der Waals surface area contributed by atoms with Gasteiger partial charge in [0.05, 0.1) is 34.3 Å².